The van der Waals surface area contributed by atoms with Crippen LogP contribution in [0.1, 0.15) is 31.2 Å². The van der Waals surface area contributed by atoms with E-state index in [0.29, 0.717) is 0 Å². The van der Waals surface area contributed by atoms with Gasteiger partial charge in [0.15, 0.2) is 0 Å². The van der Waals surface area contributed by atoms with Crippen LogP contribution in [-0.2, 0) is 0 Å². The Morgan fingerprint density at radius 2 is 1.89 bits per heavy atom. The molecule has 0 fully saturated rings. The zero-order valence-corrected chi connectivity index (χ0v) is 10.8. The van der Waals surface area contributed by atoms with Crippen LogP contribution >= 0.6 is 0 Å². The number of aliphatic hydroxyl groups excluding tert-OH is 1. The van der Waals surface area contributed by atoms with Gasteiger partial charge in [-0.05, 0) is 22.8 Å². The maximum absolute atomic E-state index is 10.2. The standard InChI is InChI=1S/C17H20O/c1-3-7-17(18)16(4-2)15-11-10-13-8-5-6-9-14(13)12-15/h4-6,8-12,16-18H,2-3,7H2,1H3/t16-,17-/m0/s1. The number of aliphatic hydroxyl groups is 1. The first-order chi connectivity index (χ1) is 8.76. The van der Waals surface area contributed by atoms with Gasteiger partial charge >= 0.3 is 0 Å². The molecule has 2 aromatic carbocycles. The van der Waals surface area contributed by atoms with Gasteiger partial charge in [-0.2, -0.15) is 0 Å². The largest absolute Gasteiger partial charge is 0.392 e. The molecule has 0 heterocycles. The molecule has 1 N–H and O–H groups in total. The molecule has 1 heteroatoms. The van der Waals surface area contributed by atoms with Crippen molar-refractivity contribution >= 4 is 10.8 Å². The van der Waals surface area contributed by atoms with Crippen LogP contribution in [0.2, 0.25) is 0 Å². The van der Waals surface area contributed by atoms with Crippen molar-refractivity contribution in [2.75, 3.05) is 0 Å². The zero-order valence-electron chi connectivity index (χ0n) is 10.8. The molecule has 0 radical (unpaired) electrons. The quantitative estimate of drug-likeness (QED) is 0.774. The molecule has 0 aromatic heterocycles. The molecule has 0 unspecified atom stereocenters. The Balaban J connectivity index is 2.36. The summed E-state index contributed by atoms with van der Waals surface area (Å²) in [4.78, 5) is 0. The molecule has 0 saturated heterocycles. The molecule has 0 bridgehead atoms. The predicted molar refractivity (Wildman–Crippen MR) is 77.8 cm³/mol. The average Bonchev–Trinajstić information content (AvgIpc) is 2.40. The minimum atomic E-state index is -0.339. The highest BCUT2D eigenvalue weighted by Gasteiger charge is 2.17. The van der Waals surface area contributed by atoms with Gasteiger partial charge in [0.05, 0.1) is 6.10 Å². The van der Waals surface area contributed by atoms with Gasteiger partial charge in [0.1, 0.15) is 0 Å². The van der Waals surface area contributed by atoms with Gasteiger partial charge in [0.2, 0.25) is 0 Å². The number of hydrogen-bond acceptors (Lipinski definition) is 1. The van der Waals surface area contributed by atoms with Crippen molar-refractivity contribution in [1.82, 2.24) is 0 Å². The summed E-state index contributed by atoms with van der Waals surface area (Å²) in [5.41, 5.74) is 1.14. The van der Waals surface area contributed by atoms with Crippen molar-refractivity contribution < 1.29 is 5.11 Å². The van der Waals surface area contributed by atoms with Gasteiger partial charge in [-0.1, -0.05) is 61.9 Å². The second-order valence-electron chi connectivity index (χ2n) is 4.72. The van der Waals surface area contributed by atoms with Crippen LogP contribution in [0.5, 0.6) is 0 Å². The topological polar surface area (TPSA) is 20.2 Å². The Morgan fingerprint density at radius 1 is 1.17 bits per heavy atom. The van der Waals surface area contributed by atoms with Gasteiger partial charge in [0.25, 0.3) is 0 Å². The summed E-state index contributed by atoms with van der Waals surface area (Å²) in [5.74, 6) is 0.0227. The maximum Gasteiger partial charge on any atom is 0.0643 e. The van der Waals surface area contributed by atoms with Crippen molar-refractivity contribution in [3.8, 4) is 0 Å². The third-order valence-corrected chi connectivity index (χ3v) is 3.41. The Kier molecular flexibility index (Phi) is 4.16. The van der Waals surface area contributed by atoms with E-state index < -0.39 is 0 Å². The molecular weight excluding hydrogens is 220 g/mol. The second kappa shape index (κ2) is 5.83. The highest BCUT2D eigenvalue weighted by atomic mass is 16.3. The Bertz CT molecular complexity index is 530. The highest BCUT2D eigenvalue weighted by Crippen LogP contribution is 2.27. The summed E-state index contributed by atoms with van der Waals surface area (Å²) in [5, 5.41) is 12.6. The molecule has 0 aliphatic carbocycles. The third-order valence-electron chi connectivity index (χ3n) is 3.41. The monoisotopic (exact) mass is 240 g/mol. The lowest BCUT2D eigenvalue weighted by molar-refractivity contribution is 0.148. The molecule has 0 aliphatic rings. The van der Waals surface area contributed by atoms with E-state index in [-0.39, 0.29) is 12.0 Å². The van der Waals surface area contributed by atoms with Gasteiger partial charge in [0, 0.05) is 5.92 Å². The van der Waals surface area contributed by atoms with E-state index in [4.69, 9.17) is 0 Å². The van der Waals surface area contributed by atoms with Crippen molar-refractivity contribution in [3.63, 3.8) is 0 Å². The molecule has 0 amide bonds. The van der Waals surface area contributed by atoms with E-state index in [1.165, 1.54) is 10.8 Å². The summed E-state index contributed by atoms with van der Waals surface area (Å²) in [6.07, 6.45) is 3.31. The molecule has 94 valence electrons. The minimum Gasteiger partial charge on any atom is -0.392 e. The van der Waals surface area contributed by atoms with Crippen LogP contribution in [0.4, 0.5) is 0 Å². The molecule has 2 atom stereocenters. The average molecular weight is 240 g/mol. The van der Waals surface area contributed by atoms with Crippen LogP contribution in [-0.4, -0.2) is 11.2 Å². The lowest BCUT2D eigenvalue weighted by Crippen LogP contribution is -2.16. The lowest BCUT2D eigenvalue weighted by atomic mass is 9.90. The molecule has 2 aromatic rings. The maximum atomic E-state index is 10.2. The Morgan fingerprint density at radius 3 is 2.56 bits per heavy atom. The van der Waals surface area contributed by atoms with Gasteiger partial charge in [-0.3, -0.25) is 0 Å². The number of fused-ring (bicyclic) bond motifs is 1. The van der Waals surface area contributed by atoms with Gasteiger partial charge in [-0.25, -0.2) is 0 Å². The smallest absolute Gasteiger partial charge is 0.0643 e. The molecule has 1 nitrogen and oxygen atoms in total. The third kappa shape index (κ3) is 2.62. The van der Waals surface area contributed by atoms with Crippen molar-refractivity contribution in [2.45, 2.75) is 31.8 Å². The second-order valence-corrected chi connectivity index (χ2v) is 4.72. The summed E-state index contributed by atoms with van der Waals surface area (Å²) >= 11 is 0. The summed E-state index contributed by atoms with van der Waals surface area (Å²) in [6, 6.07) is 14.6. The summed E-state index contributed by atoms with van der Waals surface area (Å²) in [7, 11) is 0. The molecule has 2 rings (SSSR count). The zero-order chi connectivity index (χ0) is 13.0. The Hall–Kier alpha value is -1.60. The molecule has 18 heavy (non-hydrogen) atoms. The van der Waals surface area contributed by atoms with E-state index >= 15 is 0 Å². The van der Waals surface area contributed by atoms with E-state index in [0.717, 1.165) is 18.4 Å². The fourth-order valence-electron chi connectivity index (χ4n) is 2.41. The van der Waals surface area contributed by atoms with Gasteiger partial charge in [-0.15, -0.1) is 6.58 Å². The van der Waals surface area contributed by atoms with E-state index in [9.17, 15) is 5.11 Å². The lowest BCUT2D eigenvalue weighted by Gasteiger charge is -2.20. The summed E-state index contributed by atoms with van der Waals surface area (Å²) in [6.45, 7) is 5.95. The van der Waals surface area contributed by atoms with E-state index in [2.05, 4.69) is 43.8 Å². The normalized spacial score (nSPS) is 14.3. The predicted octanol–water partition coefficient (Wildman–Crippen LogP) is 4.27. The van der Waals surface area contributed by atoms with Crippen LogP contribution in [0.25, 0.3) is 10.8 Å². The van der Waals surface area contributed by atoms with Crippen molar-refractivity contribution in [3.05, 3.63) is 60.7 Å². The van der Waals surface area contributed by atoms with Crippen molar-refractivity contribution in [2.24, 2.45) is 0 Å². The molecular formula is C17H20O. The van der Waals surface area contributed by atoms with Crippen LogP contribution in [0.15, 0.2) is 55.1 Å². The molecule has 0 spiro atoms. The van der Waals surface area contributed by atoms with E-state index in [1.807, 2.05) is 18.2 Å². The minimum absolute atomic E-state index is 0.0227. The number of rotatable bonds is 5. The first-order valence-electron chi connectivity index (χ1n) is 6.55. The Labute approximate surface area is 109 Å². The number of hydrogen-bond donors (Lipinski definition) is 1. The first-order valence-corrected chi connectivity index (χ1v) is 6.55. The van der Waals surface area contributed by atoms with Crippen LogP contribution in [0.3, 0.4) is 0 Å². The fraction of sp³-hybridized carbons (Fsp3) is 0.294. The molecule has 0 aliphatic heterocycles. The van der Waals surface area contributed by atoms with Gasteiger partial charge < -0.3 is 5.11 Å². The first kappa shape index (κ1) is 12.8. The van der Waals surface area contributed by atoms with Crippen LogP contribution < -0.4 is 0 Å². The van der Waals surface area contributed by atoms with E-state index in [1.54, 1.807) is 0 Å². The highest BCUT2D eigenvalue weighted by molar-refractivity contribution is 5.83. The summed E-state index contributed by atoms with van der Waals surface area (Å²) < 4.78 is 0. The van der Waals surface area contributed by atoms with Crippen molar-refractivity contribution in [1.29, 1.82) is 0 Å². The SMILES string of the molecule is C=C[C@@H](c1ccc2ccccc2c1)[C@@H](O)CCC. The molecule has 0 saturated carbocycles. The number of benzene rings is 2. The van der Waals surface area contributed by atoms with Crippen LogP contribution in [0, 0.1) is 0 Å². The fourth-order valence-corrected chi connectivity index (χ4v) is 2.41.